The Morgan fingerprint density at radius 3 is 2.69 bits per heavy atom. The fourth-order valence-electron chi connectivity index (χ4n) is 0.859. The van der Waals surface area contributed by atoms with E-state index in [0.717, 1.165) is 11.5 Å². The van der Waals surface area contributed by atoms with Crippen LogP contribution in [0.5, 0.6) is 0 Å². The predicted octanol–water partition coefficient (Wildman–Crippen LogP) is 0.885. The minimum absolute atomic E-state index is 0.522. The van der Waals surface area contributed by atoms with Crippen molar-refractivity contribution in [2.24, 2.45) is 0 Å². The average molecular weight is 199 g/mol. The third kappa shape index (κ3) is 2.69. The molecule has 0 radical (unpaired) electrons. The summed E-state index contributed by atoms with van der Waals surface area (Å²) < 4.78 is 5.35. The molecule has 1 rings (SSSR count). The monoisotopic (exact) mass is 199 g/mol. The van der Waals surface area contributed by atoms with E-state index >= 15 is 0 Å². The second-order valence-electron chi connectivity index (χ2n) is 2.68. The van der Waals surface area contributed by atoms with E-state index < -0.39 is 0 Å². The van der Waals surface area contributed by atoms with Crippen LogP contribution < -0.4 is 10.6 Å². The fourth-order valence-corrected chi connectivity index (χ4v) is 0.931. The van der Waals surface area contributed by atoms with Gasteiger partial charge in [-0.3, -0.25) is 0 Å². The largest absolute Gasteiger partial charge is 0.444 e. The van der Waals surface area contributed by atoms with Crippen LogP contribution in [0, 0.1) is 13.8 Å². The molecule has 72 valence electrons. The number of nitrogens with one attached hydrogen (secondary N) is 2. The zero-order valence-corrected chi connectivity index (χ0v) is 8.79. The van der Waals surface area contributed by atoms with Crippen LogP contribution in [0.3, 0.4) is 0 Å². The smallest absolute Gasteiger partial charge is 0.214 e. The van der Waals surface area contributed by atoms with Gasteiger partial charge in [0.15, 0.2) is 5.11 Å². The van der Waals surface area contributed by atoms with Crippen molar-refractivity contribution in [2.75, 3.05) is 7.05 Å². The maximum atomic E-state index is 5.35. The van der Waals surface area contributed by atoms with E-state index in [-0.39, 0.29) is 0 Å². The van der Waals surface area contributed by atoms with Crippen LogP contribution in [-0.4, -0.2) is 17.1 Å². The standard InChI is InChI=1S/C8H13N3OS/c1-5-6(2)12-7(11-5)4-10-8(13)9-3/h4H2,1-3H3,(H2,9,10,13). The molecular weight excluding hydrogens is 186 g/mol. The number of hydrogen-bond acceptors (Lipinski definition) is 3. The fraction of sp³-hybridized carbons (Fsp3) is 0.500. The first-order valence-corrected chi connectivity index (χ1v) is 4.42. The summed E-state index contributed by atoms with van der Waals surface area (Å²) in [4.78, 5) is 4.20. The summed E-state index contributed by atoms with van der Waals surface area (Å²) in [5.74, 6) is 1.51. The van der Waals surface area contributed by atoms with Crippen LogP contribution in [-0.2, 0) is 6.54 Å². The first-order chi connectivity index (χ1) is 6.13. The van der Waals surface area contributed by atoms with E-state index in [9.17, 15) is 0 Å². The molecule has 0 aromatic carbocycles. The van der Waals surface area contributed by atoms with Crippen molar-refractivity contribution in [3.05, 3.63) is 17.3 Å². The number of aryl methyl sites for hydroxylation is 2. The Morgan fingerprint density at radius 1 is 1.54 bits per heavy atom. The molecule has 0 aliphatic rings. The van der Waals surface area contributed by atoms with E-state index in [2.05, 4.69) is 15.6 Å². The normalized spacial score (nSPS) is 9.77. The topological polar surface area (TPSA) is 50.1 Å². The van der Waals surface area contributed by atoms with Crippen molar-refractivity contribution in [3.63, 3.8) is 0 Å². The zero-order chi connectivity index (χ0) is 9.84. The van der Waals surface area contributed by atoms with E-state index in [1.54, 1.807) is 7.05 Å². The van der Waals surface area contributed by atoms with E-state index in [1.165, 1.54) is 0 Å². The minimum atomic E-state index is 0.522. The Labute approximate surface area is 82.7 Å². The van der Waals surface area contributed by atoms with E-state index in [0.29, 0.717) is 17.5 Å². The Bertz CT molecular complexity index is 289. The molecule has 0 spiro atoms. The molecule has 0 saturated heterocycles. The van der Waals surface area contributed by atoms with Gasteiger partial charge in [-0.25, -0.2) is 4.98 Å². The predicted molar refractivity (Wildman–Crippen MR) is 54.5 cm³/mol. The van der Waals surface area contributed by atoms with Gasteiger partial charge in [0.2, 0.25) is 5.89 Å². The van der Waals surface area contributed by atoms with E-state index in [4.69, 9.17) is 16.6 Å². The summed E-state index contributed by atoms with van der Waals surface area (Å²) >= 11 is 4.90. The molecule has 5 heteroatoms. The maximum Gasteiger partial charge on any atom is 0.214 e. The van der Waals surface area contributed by atoms with Gasteiger partial charge in [-0.15, -0.1) is 0 Å². The van der Waals surface area contributed by atoms with Crippen LogP contribution in [0.15, 0.2) is 4.42 Å². The Kier molecular flexibility index (Phi) is 3.25. The van der Waals surface area contributed by atoms with Crippen molar-refractivity contribution in [3.8, 4) is 0 Å². The summed E-state index contributed by atoms with van der Waals surface area (Å²) in [5.41, 5.74) is 0.923. The van der Waals surface area contributed by atoms with Crippen LogP contribution in [0.2, 0.25) is 0 Å². The molecule has 0 atom stereocenters. The van der Waals surface area contributed by atoms with Crippen molar-refractivity contribution in [1.29, 1.82) is 0 Å². The van der Waals surface area contributed by atoms with Crippen molar-refractivity contribution in [2.45, 2.75) is 20.4 Å². The lowest BCUT2D eigenvalue weighted by atomic mass is 10.4. The van der Waals surface area contributed by atoms with Gasteiger partial charge in [0.25, 0.3) is 0 Å². The highest BCUT2D eigenvalue weighted by molar-refractivity contribution is 7.80. The molecule has 0 aliphatic carbocycles. The quantitative estimate of drug-likeness (QED) is 0.693. The molecule has 0 bridgehead atoms. The third-order valence-electron chi connectivity index (χ3n) is 1.70. The number of nitrogens with zero attached hydrogens (tertiary/aromatic N) is 1. The molecule has 1 aromatic rings. The average Bonchev–Trinajstić information content (AvgIpc) is 2.42. The molecular formula is C8H13N3OS. The number of rotatable bonds is 2. The highest BCUT2D eigenvalue weighted by Crippen LogP contribution is 2.07. The summed E-state index contributed by atoms with van der Waals surface area (Å²) in [6.07, 6.45) is 0. The van der Waals surface area contributed by atoms with Crippen molar-refractivity contribution in [1.82, 2.24) is 15.6 Å². The van der Waals surface area contributed by atoms with Gasteiger partial charge in [-0.05, 0) is 26.1 Å². The van der Waals surface area contributed by atoms with Crippen molar-refractivity contribution >= 4 is 17.3 Å². The summed E-state index contributed by atoms with van der Waals surface area (Å²) in [5, 5.41) is 6.35. The lowest BCUT2D eigenvalue weighted by Crippen LogP contribution is -2.31. The second-order valence-corrected chi connectivity index (χ2v) is 3.09. The molecule has 0 fully saturated rings. The van der Waals surface area contributed by atoms with Gasteiger partial charge in [-0.2, -0.15) is 0 Å². The summed E-state index contributed by atoms with van der Waals surface area (Å²) in [6, 6.07) is 0. The molecule has 0 unspecified atom stereocenters. The summed E-state index contributed by atoms with van der Waals surface area (Å²) in [7, 11) is 1.77. The second kappa shape index (κ2) is 4.23. The number of oxazole rings is 1. The molecule has 1 heterocycles. The Hall–Kier alpha value is -1.10. The summed E-state index contributed by atoms with van der Waals surface area (Å²) in [6.45, 7) is 4.33. The lowest BCUT2D eigenvalue weighted by molar-refractivity contribution is 0.465. The van der Waals surface area contributed by atoms with Crippen LogP contribution in [0.25, 0.3) is 0 Å². The number of aromatic nitrogens is 1. The van der Waals surface area contributed by atoms with Gasteiger partial charge < -0.3 is 15.1 Å². The maximum absolute atomic E-state index is 5.35. The Morgan fingerprint density at radius 2 is 2.23 bits per heavy atom. The first-order valence-electron chi connectivity index (χ1n) is 4.02. The first kappa shape index (κ1) is 9.98. The van der Waals surface area contributed by atoms with Gasteiger partial charge in [0, 0.05) is 7.05 Å². The van der Waals surface area contributed by atoms with E-state index in [1.807, 2.05) is 13.8 Å². The lowest BCUT2D eigenvalue weighted by Gasteiger charge is -2.02. The van der Waals surface area contributed by atoms with Crippen LogP contribution in [0.4, 0.5) is 0 Å². The minimum Gasteiger partial charge on any atom is -0.444 e. The number of hydrogen-bond donors (Lipinski definition) is 2. The molecule has 1 aromatic heterocycles. The molecule has 0 aliphatic heterocycles. The highest BCUT2D eigenvalue weighted by Gasteiger charge is 2.04. The Balaban J connectivity index is 2.50. The highest BCUT2D eigenvalue weighted by atomic mass is 32.1. The van der Waals surface area contributed by atoms with Crippen LogP contribution in [0.1, 0.15) is 17.3 Å². The number of thiocarbonyl (C=S) groups is 1. The third-order valence-corrected chi connectivity index (χ3v) is 2.05. The SMILES string of the molecule is CNC(=S)NCc1nc(C)c(C)o1. The molecule has 13 heavy (non-hydrogen) atoms. The molecule has 2 N–H and O–H groups in total. The zero-order valence-electron chi connectivity index (χ0n) is 7.97. The molecule has 0 saturated carbocycles. The van der Waals surface area contributed by atoms with Gasteiger partial charge >= 0.3 is 0 Å². The van der Waals surface area contributed by atoms with Crippen molar-refractivity contribution < 1.29 is 4.42 Å². The van der Waals surface area contributed by atoms with Gasteiger partial charge in [0.1, 0.15) is 5.76 Å². The van der Waals surface area contributed by atoms with Gasteiger partial charge in [0.05, 0.1) is 12.2 Å². The van der Waals surface area contributed by atoms with Crippen LogP contribution >= 0.6 is 12.2 Å². The molecule has 0 amide bonds. The van der Waals surface area contributed by atoms with Gasteiger partial charge in [-0.1, -0.05) is 0 Å². The molecule has 4 nitrogen and oxygen atoms in total.